The largest absolute Gasteiger partial charge is 0.352 e. The van der Waals surface area contributed by atoms with E-state index in [0.29, 0.717) is 16.7 Å². The predicted octanol–water partition coefficient (Wildman–Crippen LogP) is 0.176. The minimum atomic E-state index is -3.78. The normalized spacial score (nSPS) is 15.3. The first kappa shape index (κ1) is 15.9. The van der Waals surface area contributed by atoms with E-state index < -0.39 is 10.0 Å². The highest BCUT2D eigenvalue weighted by Gasteiger charge is 2.27. The van der Waals surface area contributed by atoms with Crippen molar-refractivity contribution in [2.24, 2.45) is 7.05 Å². The van der Waals surface area contributed by atoms with Gasteiger partial charge >= 0.3 is 0 Å². The van der Waals surface area contributed by atoms with Crippen LogP contribution in [0.2, 0.25) is 0 Å². The molecular weight excluding hydrogens is 318 g/mol. The Morgan fingerprint density at radius 2 is 2.17 bits per heavy atom. The van der Waals surface area contributed by atoms with Gasteiger partial charge in [-0.1, -0.05) is 0 Å². The minimum absolute atomic E-state index is 0.0582. The second-order valence-corrected chi connectivity index (χ2v) is 7.90. The Morgan fingerprint density at radius 3 is 2.83 bits per heavy atom. The van der Waals surface area contributed by atoms with Crippen LogP contribution in [0.5, 0.6) is 0 Å². The molecule has 1 aliphatic rings. The number of hydrogen-bond donors (Lipinski definition) is 1. The van der Waals surface area contributed by atoms with Crippen molar-refractivity contribution in [3.63, 3.8) is 0 Å². The summed E-state index contributed by atoms with van der Waals surface area (Å²) in [6.07, 6.45) is 3.22. The molecule has 3 rings (SSSR count). The first-order valence-corrected chi connectivity index (χ1v) is 8.78. The summed E-state index contributed by atoms with van der Waals surface area (Å²) in [5, 5.41) is 7.69. The van der Waals surface area contributed by atoms with Gasteiger partial charge in [-0.3, -0.25) is 9.48 Å². The lowest BCUT2D eigenvalue weighted by atomic mass is 10.3. The Bertz CT molecular complexity index is 870. The molecule has 0 aliphatic heterocycles. The summed E-state index contributed by atoms with van der Waals surface area (Å²) in [6.45, 7) is 1.59. The molecule has 1 aliphatic carbocycles. The van der Waals surface area contributed by atoms with Gasteiger partial charge in [-0.2, -0.15) is 9.40 Å². The van der Waals surface area contributed by atoms with Gasteiger partial charge in [0.2, 0.25) is 15.9 Å². The summed E-state index contributed by atoms with van der Waals surface area (Å²) in [4.78, 5) is 16.0. The van der Waals surface area contributed by atoms with Gasteiger partial charge in [0.1, 0.15) is 4.90 Å². The lowest BCUT2D eigenvalue weighted by Gasteiger charge is -2.16. The van der Waals surface area contributed by atoms with Gasteiger partial charge in [-0.25, -0.2) is 13.4 Å². The number of nitrogens with zero attached hydrogens (tertiary/aromatic N) is 4. The van der Waals surface area contributed by atoms with Crippen LogP contribution in [-0.2, 0) is 21.9 Å². The molecule has 2 heterocycles. The summed E-state index contributed by atoms with van der Waals surface area (Å²) in [7, 11) is -0.630. The van der Waals surface area contributed by atoms with Crippen LogP contribution in [0.4, 0.5) is 0 Å². The minimum Gasteiger partial charge on any atom is -0.352 e. The molecule has 1 saturated carbocycles. The van der Waals surface area contributed by atoms with Gasteiger partial charge in [-0.05, 0) is 25.8 Å². The average molecular weight is 337 g/mol. The van der Waals surface area contributed by atoms with Gasteiger partial charge in [0.15, 0.2) is 5.65 Å². The number of aromatic nitrogens is 3. The number of likely N-dealkylation sites (N-methyl/N-ethyl adjacent to an activating group) is 1. The lowest BCUT2D eigenvalue weighted by molar-refractivity contribution is -0.121. The Morgan fingerprint density at radius 1 is 1.48 bits per heavy atom. The first-order chi connectivity index (χ1) is 10.8. The number of carbonyl (C=O) groups excluding carboxylic acids is 1. The second-order valence-electron chi connectivity index (χ2n) is 5.85. The highest BCUT2D eigenvalue weighted by molar-refractivity contribution is 7.89. The third-order valence-electron chi connectivity index (χ3n) is 3.85. The SMILES string of the molecule is Cc1nn(C)c2ncc(S(=O)(=O)N(C)CC(=O)NC3CC3)cc12. The zero-order valence-electron chi connectivity index (χ0n) is 13.3. The number of nitrogens with one attached hydrogen (secondary N) is 1. The molecule has 0 aromatic carbocycles. The van der Waals surface area contributed by atoms with Gasteiger partial charge < -0.3 is 5.32 Å². The number of carbonyl (C=O) groups is 1. The zero-order valence-corrected chi connectivity index (χ0v) is 14.1. The number of pyridine rings is 1. The molecule has 0 radical (unpaired) electrons. The van der Waals surface area contributed by atoms with Crippen molar-refractivity contribution in [3.8, 4) is 0 Å². The van der Waals surface area contributed by atoms with Crippen molar-refractivity contribution in [2.75, 3.05) is 13.6 Å². The highest BCUT2D eigenvalue weighted by Crippen LogP contribution is 2.22. The topological polar surface area (TPSA) is 97.2 Å². The van der Waals surface area contributed by atoms with E-state index in [1.807, 2.05) is 0 Å². The van der Waals surface area contributed by atoms with Crippen LogP contribution >= 0.6 is 0 Å². The fraction of sp³-hybridized carbons (Fsp3) is 0.500. The number of fused-ring (bicyclic) bond motifs is 1. The van der Waals surface area contributed by atoms with Crippen LogP contribution in [-0.4, -0.2) is 53.0 Å². The molecule has 9 heteroatoms. The van der Waals surface area contributed by atoms with E-state index in [-0.39, 0.29) is 23.4 Å². The van der Waals surface area contributed by atoms with Crippen LogP contribution in [0.15, 0.2) is 17.2 Å². The summed E-state index contributed by atoms with van der Waals surface area (Å²) < 4.78 is 27.9. The molecule has 2 aromatic rings. The molecular formula is C14H19N5O3S. The van der Waals surface area contributed by atoms with Crippen molar-refractivity contribution in [3.05, 3.63) is 18.0 Å². The number of aryl methyl sites for hydroxylation is 2. The maximum atomic E-state index is 12.6. The molecule has 1 N–H and O–H groups in total. The molecule has 23 heavy (non-hydrogen) atoms. The van der Waals surface area contributed by atoms with Gasteiger partial charge in [0, 0.05) is 31.7 Å². The first-order valence-electron chi connectivity index (χ1n) is 7.34. The predicted molar refractivity (Wildman–Crippen MR) is 84.2 cm³/mol. The maximum absolute atomic E-state index is 12.6. The van der Waals surface area contributed by atoms with Crippen molar-refractivity contribution >= 4 is 27.0 Å². The molecule has 0 spiro atoms. The molecule has 1 fully saturated rings. The van der Waals surface area contributed by atoms with Crippen LogP contribution in [0.3, 0.4) is 0 Å². The molecule has 0 bridgehead atoms. The zero-order chi connectivity index (χ0) is 16.8. The van der Waals surface area contributed by atoms with E-state index in [9.17, 15) is 13.2 Å². The van der Waals surface area contributed by atoms with Crippen LogP contribution in [0, 0.1) is 6.92 Å². The molecule has 0 unspecified atom stereocenters. The van der Waals surface area contributed by atoms with Crippen molar-refractivity contribution < 1.29 is 13.2 Å². The lowest BCUT2D eigenvalue weighted by Crippen LogP contribution is -2.39. The van der Waals surface area contributed by atoms with Crippen LogP contribution in [0.1, 0.15) is 18.5 Å². The summed E-state index contributed by atoms with van der Waals surface area (Å²) in [6, 6.07) is 1.75. The maximum Gasteiger partial charge on any atom is 0.244 e. The second kappa shape index (κ2) is 5.57. The summed E-state index contributed by atoms with van der Waals surface area (Å²) in [5.41, 5.74) is 1.33. The molecule has 1 amide bonds. The fourth-order valence-corrected chi connectivity index (χ4v) is 3.50. The van der Waals surface area contributed by atoms with Crippen LogP contribution < -0.4 is 5.32 Å². The molecule has 0 atom stereocenters. The van der Waals surface area contributed by atoms with E-state index in [1.54, 1.807) is 24.7 Å². The molecule has 124 valence electrons. The molecule has 8 nitrogen and oxygen atoms in total. The number of rotatable bonds is 5. The summed E-state index contributed by atoms with van der Waals surface area (Å²) in [5.74, 6) is -0.287. The fourth-order valence-electron chi connectivity index (χ4n) is 2.40. The number of sulfonamides is 1. The van der Waals surface area contributed by atoms with E-state index in [1.165, 1.54) is 13.2 Å². The highest BCUT2D eigenvalue weighted by atomic mass is 32.2. The third-order valence-corrected chi connectivity index (χ3v) is 5.62. The van der Waals surface area contributed by atoms with E-state index in [4.69, 9.17) is 0 Å². The monoisotopic (exact) mass is 337 g/mol. The Kier molecular flexibility index (Phi) is 3.85. The molecule has 2 aromatic heterocycles. The van der Waals surface area contributed by atoms with Crippen LogP contribution in [0.25, 0.3) is 11.0 Å². The van der Waals surface area contributed by atoms with E-state index in [2.05, 4.69) is 15.4 Å². The Balaban J connectivity index is 1.85. The van der Waals surface area contributed by atoms with Gasteiger partial charge in [0.25, 0.3) is 0 Å². The standard InChI is InChI=1S/C14H19N5O3S/c1-9-12-6-11(7-15-14(12)19(3)17-9)23(21,22)18(2)8-13(20)16-10-4-5-10/h6-7,10H,4-5,8H2,1-3H3,(H,16,20). The van der Waals surface area contributed by atoms with Crippen molar-refractivity contribution in [1.82, 2.24) is 24.4 Å². The number of hydrogen-bond acceptors (Lipinski definition) is 5. The van der Waals surface area contributed by atoms with Crippen molar-refractivity contribution in [1.29, 1.82) is 0 Å². The average Bonchev–Trinajstić information content (AvgIpc) is 3.24. The Labute approximate surface area is 134 Å². The summed E-state index contributed by atoms with van der Waals surface area (Å²) >= 11 is 0. The third kappa shape index (κ3) is 3.06. The van der Waals surface area contributed by atoms with E-state index in [0.717, 1.165) is 17.1 Å². The van der Waals surface area contributed by atoms with Gasteiger partial charge in [-0.15, -0.1) is 0 Å². The van der Waals surface area contributed by atoms with E-state index >= 15 is 0 Å². The smallest absolute Gasteiger partial charge is 0.244 e. The van der Waals surface area contributed by atoms with Crippen molar-refractivity contribution in [2.45, 2.75) is 30.7 Å². The van der Waals surface area contributed by atoms with Gasteiger partial charge in [0.05, 0.1) is 12.2 Å². The Hall–Kier alpha value is -2.00. The number of amides is 1. The quantitative estimate of drug-likeness (QED) is 0.839. The molecule has 0 saturated heterocycles.